The van der Waals surface area contributed by atoms with Crippen LogP contribution in [0.5, 0.6) is 0 Å². The summed E-state index contributed by atoms with van der Waals surface area (Å²) in [4.78, 5) is 15.3. The molecule has 0 unspecified atom stereocenters. The van der Waals surface area contributed by atoms with Gasteiger partial charge in [0.25, 0.3) is 0 Å². The largest absolute Gasteiger partial charge is 0.208 e. The van der Waals surface area contributed by atoms with Crippen molar-refractivity contribution in [3.63, 3.8) is 0 Å². The third kappa shape index (κ3) is 4.45. The van der Waals surface area contributed by atoms with Gasteiger partial charge in [0.2, 0.25) is 0 Å². The minimum Gasteiger partial charge on any atom is -0.208 e. The molecule has 47 heavy (non-hydrogen) atoms. The second-order valence-electron chi connectivity index (χ2n) is 12.0. The van der Waals surface area contributed by atoms with E-state index in [9.17, 15) is 0 Å². The topological polar surface area (TPSA) is 38.7 Å². The molecule has 220 valence electrons. The monoisotopic (exact) mass is 615 g/mol. The van der Waals surface area contributed by atoms with Gasteiger partial charge in [-0.15, -0.1) is 0 Å². The van der Waals surface area contributed by atoms with Crippen LogP contribution in [-0.4, -0.2) is 23.0 Å². The lowest BCUT2D eigenvalue weighted by Gasteiger charge is -2.31. The van der Waals surface area contributed by atoms with E-state index in [0.717, 1.165) is 22.1 Å². The third-order valence-electron chi connectivity index (χ3n) is 9.39. The van der Waals surface area contributed by atoms with Crippen LogP contribution >= 0.6 is 0 Å². The van der Waals surface area contributed by atoms with Gasteiger partial charge in [-0.1, -0.05) is 170 Å². The van der Waals surface area contributed by atoms with E-state index in [0.29, 0.717) is 17.5 Å². The Labute approximate surface area is 274 Å². The Morgan fingerprint density at radius 1 is 0.319 bits per heavy atom. The van der Waals surface area contributed by atoms with Crippen molar-refractivity contribution in [2.75, 3.05) is 0 Å². The van der Waals surface area contributed by atoms with Crippen LogP contribution in [0.25, 0.3) is 56.1 Å². The summed E-state index contributed by atoms with van der Waals surface area (Å²) < 4.78 is 0. The van der Waals surface area contributed by atoms with Gasteiger partial charge in [-0.3, -0.25) is 0 Å². The van der Waals surface area contributed by atoms with Crippen LogP contribution in [-0.2, 0) is 0 Å². The van der Waals surface area contributed by atoms with E-state index in [1.165, 1.54) is 37.3 Å². The van der Waals surface area contributed by atoms with Crippen molar-refractivity contribution in [2.45, 2.75) is 0 Å². The summed E-state index contributed by atoms with van der Waals surface area (Å²) in [6.45, 7) is 0. The molecular formula is C43H29N3Si. The Bertz CT molecular complexity index is 2370. The molecule has 0 saturated carbocycles. The number of fused-ring (bicyclic) bond motifs is 4. The highest BCUT2D eigenvalue weighted by molar-refractivity contribution is 7.22. The summed E-state index contributed by atoms with van der Waals surface area (Å²) in [6.07, 6.45) is 0. The average Bonchev–Trinajstić information content (AvgIpc) is 3.46. The van der Waals surface area contributed by atoms with Gasteiger partial charge in [0.15, 0.2) is 25.5 Å². The highest BCUT2D eigenvalue weighted by atomic mass is 28.3. The molecule has 0 aliphatic carbocycles. The van der Waals surface area contributed by atoms with Crippen LogP contribution < -0.4 is 20.7 Å². The Hall–Kier alpha value is -5.97. The molecule has 1 aromatic heterocycles. The summed E-state index contributed by atoms with van der Waals surface area (Å²) in [5.41, 5.74) is 5.52. The summed E-state index contributed by atoms with van der Waals surface area (Å²) >= 11 is 0. The van der Waals surface area contributed by atoms with E-state index in [-0.39, 0.29) is 0 Å². The molecule has 9 rings (SSSR count). The number of benzene rings is 7. The summed E-state index contributed by atoms with van der Waals surface area (Å²) in [5.74, 6) is 2.00. The second-order valence-corrected chi connectivity index (χ2v) is 15.8. The number of aromatic nitrogens is 3. The van der Waals surface area contributed by atoms with E-state index in [1.807, 2.05) is 18.2 Å². The van der Waals surface area contributed by atoms with Crippen LogP contribution in [0.1, 0.15) is 0 Å². The lowest BCUT2D eigenvalue weighted by Crippen LogP contribution is -2.72. The quantitative estimate of drug-likeness (QED) is 0.190. The van der Waals surface area contributed by atoms with E-state index >= 15 is 0 Å². The summed E-state index contributed by atoms with van der Waals surface area (Å²) in [5, 5.41) is 7.86. The maximum absolute atomic E-state index is 5.17. The summed E-state index contributed by atoms with van der Waals surface area (Å²) in [6, 6.07) is 63.0. The smallest absolute Gasteiger partial charge is 0.180 e. The Kier molecular flexibility index (Phi) is 6.47. The normalized spacial score (nSPS) is 12.9. The van der Waals surface area contributed by atoms with Crippen molar-refractivity contribution < 1.29 is 0 Å². The standard InChI is InChI=1S/C43H29N3Si/c1-4-15-31(16-5-1)41-44-42(33-25-24-30-14-10-11-17-32(30)28-33)46-43(45-41)34-26-27-38-37-22-12-13-23-39(37)47(40(38)29-34,35-18-6-2-7-19-35)36-20-8-3-9-21-36/h1-29H. The molecule has 4 heteroatoms. The van der Waals surface area contributed by atoms with Gasteiger partial charge < -0.3 is 0 Å². The Morgan fingerprint density at radius 3 is 1.49 bits per heavy atom. The van der Waals surface area contributed by atoms with Crippen LogP contribution in [0.2, 0.25) is 0 Å². The number of hydrogen-bond donors (Lipinski definition) is 0. The fourth-order valence-corrected chi connectivity index (χ4v) is 12.5. The van der Waals surface area contributed by atoms with Gasteiger partial charge in [0.1, 0.15) is 0 Å². The number of rotatable bonds is 5. The molecular weight excluding hydrogens is 587 g/mol. The van der Waals surface area contributed by atoms with Crippen LogP contribution in [0, 0.1) is 0 Å². The first-order chi connectivity index (χ1) is 23.3. The van der Waals surface area contributed by atoms with Gasteiger partial charge in [0.05, 0.1) is 0 Å². The molecule has 0 saturated heterocycles. The average molecular weight is 616 g/mol. The third-order valence-corrected chi connectivity index (χ3v) is 14.3. The highest BCUT2D eigenvalue weighted by Crippen LogP contribution is 2.32. The zero-order chi connectivity index (χ0) is 31.2. The molecule has 3 nitrogen and oxygen atoms in total. The van der Waals surface area contributed by atoms with E-state index in [1.54, 1.807) is 0 Å². The second kappa shape index (κ2) is 11.1. The first kappa shape index (κ1) is 27.3. The molecule has 8 aromatic rings. The maximum Gasteiger partial charge on any atom is 0.180 e. The predicted octanol–water partition coefficient (Wildman–Crippen LogP) is 7.38. The van der Waals surface area contributed by atoms with E-state index in [4.69, 9.17) is 15.0 Å². The van der Waals surface area contributed by atoms with Crippen molar-refractivity contribution in [1.82, 2.24) is 15.0 Å². The Balaban J connectivity index is 1.30. The molecule has 0 radical (unpaired) electrons. The first-order valence-corrected chi connectivity index (χ1v) is 18.0. The van der Waals surface area contributed by atoms with Crippen molar-refractivity contribution in [3.8, 4) is 45.3 Å². The molecule has 1 aliphatic heterocycles. The molecule has 0 amide bonds. The molecule has 0 fully saturated rings. The number of hydrogen-bond acceptors (Lipinski definition) is 3. The highest BCUT2D eigenvalue weighted by Gasteiger charge is 2.48. The van der Waals surface area contributed by atoms with Gasteiger partial charge in [0, 0.05) is 16.7 Å². The fourth-order valence-electron chi connectivity index (χ4n) is 7.26. The van der Waals surface area contributed by atoms with Crippen LogP contribution in [0.4, 0.5) is 0 Å². The van der Waals surface area contributed by atoms with Gasteiger partial charge in [-0.25, -0.2) is 15.0 Å². The fraction of sp³-hybridized carbons (Fsp3) is 0. The minimum absolute atomic E-state index is 0.664. The summed E-state index contributed by atoms with van der Waals surface area (Å²) in [7, 11) is -2.65. The molecule has 7 aromatic carbocycles. The maximum atomic E-state index is 5.17. The molecule has 2 heterocycles. The molecule has 0 atom stereocenters. The zero-order valence-electron chi connectivity index (χ0n) is 25.6. The molecule has 0 N–H and O–H groups in total. The lowest BCUT2D eigenvalue weighted by molar-refractivity contribution is 1.07. The molecule has 0 bridgehead atoms. The van der Waals surface area contributed by atoms with Crippen LogP contribution in [0.3, 0.4) is 0 Å². The first-order valence-electron chi connectivity index (χ1n) is 16.0. The van der Waals surface area contributed by atoms with Gasteiger partial charge >= 0.3 is 0 Å². The van der Waals surface area contributed by atoms with E-state index < -0.39 is 8.07 Å². The molecule has 1 aliphatic rings. The SMILES string of the molecule is c1ccc(-c2nc(-c3ccc4c(c3)[Si](c3ccccc3)(c3ccccc3)c3ccccc3-4)nc(-c3ccc4ccccc4c3)n2)cc1. The molecule has 0 spiro atoms. The van der Waals surface area contributed by atoms with E-state index in [2.05, 4.69) is 158 Å². The van der Waals surface area contributed by atoms with Gasteiger partial charge in [-0.05, 0) is 48.7 Å². The van der Waals surface area contributed by atoms with Crippen molar-refractivity contribution >= 4 is 39.6 Å². The minimum atomic E-state index is -2.65. The Morgan fingerprint density at radius 2 is 0.809 bits per heavy atom. The van der Waals surface area contributed by atoms with Crippen molar-refractivity contribution in [2.24, 2.45) is 0 Å². The van der Waals surface area contributed by atoms with Crippen molar-refractivity contribution in [3.05, 3.63) is 176 Å². The number of nitrogens with zero attached hydrogens (tertiary/aromatic N) is 3. The van der Waals surface area contributed by atoms with Crippen molar-refractivity contribution in [1.29, 1.82) is 0 Å². The van der Waals surface area contributed by atoms with Gasteiger partial charge in [-0.2, -0.15) is 0 Å². The van der Waals surface area contributed by atoms with Crippen LogP contribution in [0.15, 0.2) is 176 Å². The lowest BCUT2D eigenvalue weighted by atomic mass is 10.0. The predicted molar refractivity (Wildman–Crippen MR) is 196 cm³/mol. The zero-order valence-corrected chi connectivity index (χ0v) is 26.6.